The highest BCUT2D eigenvalue weighted by atomic mass is 35.5. The van der Waals surface area contributed by atoms with Crippen molar-refractivity contribution in [3.05, 3.63) is 68.0 Å². The molecule has 2 aliphatic heterocycles. The number of fused-ring (bicyclic) bond motifs is 2. The second-order valence-electron chi connectivity index (χ2n) is 10.0. The molecule has 0 unspecified atom stereocenters. The molecule has 3 aromatic rings. The van der Waals surface area contributed by atoms with Crippen molar-refractivity contribution in [3.63, 3.8) is 0 Å². The number of thiophene rings is 1. The summed E-state index contributed by atoms with van der Waals surface area (Å²) in [5, 5.41) is 26.1. The largest absolute Gasteiger partial charge is 0.480 e. The van der Waals surface area contributed by atoms with Crippen LogP contribution < -0.4 is 10.6 Å². The number of nitrogens with one attached hydrogen (secondary N) is 2. The number of carboxylic acids is 1. The molecule has 5 rings (SSSR count). The van der Waals surface area contributed by atoms with Gasteiger partial charge in [-0.1, -0.05) is 47.8 Å². The number of aliphatic carboxylic acids is 1. The maximum absolute atomic E-state index is 13.3. The van der Waals surface area contributed by atoms with Gasteiger partial charge in [0.05, 0.1) is 26.6 Å². The first-order chi connectivity index (χ1) is 20.2. The second-order valence-corrected chi connectivity index (χ2v) is 11.9. The molecular weight excluding hydrogens is 601 g/mol. The van der Waals surface area contributed by atoms with E-state index in [0.29, 0.717) is 42.9 Å². The first kappa shape index (κ1) is 29.7. The lowest BCUT2D eigenvalue weighted by Gasteiger charge is -2.30. The maximum atomic E-state index is 13.3. The lowest BCUT2D eigenvalue weighted by atomic mass is 9.96. The molecule has 42 heavy (non-hydrogen) atoms. The van der Waals surface area contributed by atoms with Crippen molar-refractivity contribution in [2.75, 3.05) is 26.2 Å². The van der Waals surface area contributed by atoms with Crippen LogP contribution in [0.1, 0.15) is 37.6 Å². The Bertz CT molecular complexity index is 1600. The number of hydrogen-bond donors (Lipinski definition) is 4. The minimum absolute atomic E-state index is 0.0344. The van der Waals surface area contributed by atoms with Gasteiger partial charge in [0.2, 0.25) is 5.96 Å². The number of aliphatic hydroxyl groups is 1. The quantitative estimate of drug-likeness (QED) is 0.187. The van der Waals surface area contributed by atoms with Gasteiger partial charge in [-0.05, 0) is 47.6 Å². The van der Waals surface area contributed by atoms with Gasteiger partial charge in [-0.2, -0.15) is 4.99 Å². The van der Waals surface area contributed by atoms with Gasteiger partial charge in [-0.3, -0.25) is 9.59 Å². The highest BCUT2D eigenvalue weighted by Gasteiger charge is 2.31. The van der Waals surface area contributed by atoms with Crippen molar-refractivity contribution >= 4 is 68.4 Å². The number of nitrogens with zero attached hydrogens (tertiary/aromatic N) is 3. The average Bonchev–Trinajstić information content (AvgIpc) is 3.60. The summed E-state index contributed by atoms with van der Waals surface area (Å²) in [6.07, 6.45) is 5.70. The first-order valence-corrected chi connectivity index (χ1v) is 14.7. The Kier molecular flexibility index (Phi) is 8.89. The molecule has 1 aromatic heterocycles. The molecule has 0 radical (unpaired) electrons. The summed E-state index contributed by atoms with van der Waals surface area (Å²) in [4.78, 5) is 46.5. The fourth-order valence-corrected chi connectivity index (χ4v) is 6.91. The van der Waals surface area contributed by atoms with E-state index >= 15 is 0 Å². The zero-order valence-electron chi connectivity index (χ0n) is 22.3. The van der Waals surface area contributed by atoms with E-state index in [1.165, 1.54) is 11.3 Å². The van der Waals surface area contributed by atoms with E-state index in [-0.39, 0.29) is 40.6 Å². The Morgan fingerprint density at radius 3 is 2.67 bits per heavy atom. The summed E-state index contributed by atoms with van der Waals surface area (Å²) in [5.74, 6) is -1.91. The molecule has 0 aliphatic carbocycles. The minimum Gasteiger partial charge on any atom is -0.480 e. The van der Waals surface area contributed by atoms with Crippen LogP contribution in [0.25, 0.3) is 10.1 Å². The molecule has 2 atom stereocenters. The molecule has 0 saturated carbocycles. The molecule has 2 amide bonds. The molecule has 1 fully saturated rings. The molecule has 2 aromatic carbocycles. The minimum atomic E-state index is -1.37. The van der Waals surface area contributed by atoms with Crippen LogP contribution in [0.3, 0.4) is 0 Å². The summed E-state index contributed by atoms with van der Waals surface area (Å²) in [5.41, 5.74) is 1.38. The van der Waals surface area contributed by atoms with E-state index in [4.69, 9.17) is 29.6 Å². The van der Waals surface area contributed by atoms with E-state index in [1.54, 1.807) is 15.9 Å². The predicted molar refractivity (Wildman–Crippen MR) is 162 cm³/mol. The normalized spacial score (nSPS) is 17.5. The van der Waals surface area contributed by atoms with Crippen LogP contribution in [0, 0.1) is 12.5 Å². The zero-order chi connectivity index (χ0) is 30.0. The number of likely N-dealkylation sites (tertiary alicyclic amines) is 1. The number of carbonyl (C=O) groups is 3. The fourth-order valence-electron chi connectivity index (χ4n) is 5.12. The Balaban J connectivity index is 1.29. The van der Waals surface area contributed by atoms with Crippen LogP contribution in [0.2, 0.25) is 10.0 Å². The molecular formula is C29H27Cl2N5O5S. The highest BCUT2D eigenvalue weighted by Crippen LogP contribution is 2.36. The fraction of sp³-hybridized carbons (Fsp3) is 0.310. The van der Waals surface area contributed by atoms with Gasteiger partial charge >= 0.3 is 5.97 Å². The van der Waals surface area contributed by atoms with Crippen molar-refractivity contribution in [1.82, 2.24) is 20.4 Å². The summed E-state index contributed by atoms with van der Waals surface area (Å²) >= 11 is 14.6. The summed E-state index contributed by atoms with van der Waals surface area (Å²) in [6.45, 7) is 1.22. The first-order valence-electron chi connectivity index (χ1n) is 13.2. The molecule has 3 heterocycles. The molecule has 4 N–H and O–H groups in total. The maximum Gasteiger partial charge on any atom is 0.328 e. The van der Waals surface area contributed by atoms with Gasteiger partial charge in [0.25, 0.3) is 11.8 Å². The van der Waals surface area contributed by atoms with E-state index in [9.17, 15) is 24.6 Å². The third kappa shape index (κ3) is 6.17. The number of rotatable bonds is 6. The molecule has 13 heteroatoms. The Labute approximate surface area is 255 Å². The number of β-amino-alcohol motifs (C(OH)–C–C–N with tert-alkyl or cyclic N) is 1. The molecule has 0 bridgehead atoms. The second kappa shape index (κ2) is 12.6. The number of aliphatic hydroxyl groups excluding tert-OH is 1. The Morgan fingerprint density at radius 1 is 1.19 bits per heavy atom. The topological polar surface area (TPSA) is 135 Å². The number of carboxylic acid groups (broad SMARTS) is 1. The van der Waals surface area contributed by atoms with Crippen LogP contribution in [0.4, 0.5) is 0 Å². The third-order valence-corrected chi connectivity index (χ3v) is 9.08. The highest BCUT2D eigenvalue weighted by molar-refractivity contribution is 7.20. The monoisotopic (exact) mass is 627 g/mol. The van der Waals surface area contributed by atoms with E-state index < -0.39 is 24.0 Å². The van der Waals surface area contributed by atoms with E-state index in [0.717, 1.165) is 15.6 Å². The van der Waals surface area contributed by atoms with E-state index in [1.807, 2.05) is 30.3 Å². The number of benzene rings is 2. The van der Waals surface area contributed by atoms with Gasteiger partial charge in [0.15, 0.2) is 0 Å². The van der Waals surface area contributed by atoms with Crippen molar-refractivity contribution in [3.8, 4) is 12.5 Å². The smallest absolute Gasteiger partial charge is 0.328 e. The summed E-state index contributed by atoms with van der Waals surface area (Å²) < 4.78 is 1.03. The average molecular weight is 629 g/mol. The Morgan fingerprint density at radius 2 is 1.98 bits per heavy atom. The number of guanidine groups is 1. The number of amides is 2. The number of hydrogen-bond acceptors (Lipinski definition) is 6. The summed E-state index contributed by atoms with van der Waals surface area (Å²) in [6, 6.07) is 12.1. The zero-order valence-corrected chi connectivity index (χ0v) is 24.6. The van der Waals surface area contributed by atoms with Crippen LogP contribution in [0.5, 0.6) is 0 Å². The van der Waals surface area contributed by atoms with Gasteiger partial charge in [-0.15, -0.1) is 11.3 Å². The van der Waals surface area contributed by atoms with Crippen molar-refractivity contribution < 1.29 is 24.6 Å². The lowest BCUT2D eigenvalue weighted by molar-refractivity contribution is -0.139. The van der Waals surface area contributed by atoms with Gasteiger partial charge in [0.1, 0.15) is 6.04 Å². The third-order valence-electron chi connectivity index (χ3n) is 7.26. The van der Waals surface area contributed by atoms with Crippen LogP contribution in [-0.4, -0.2) is 82.1 Å². The van der Waals surface area contributed by atoms with Gasteiger partial charge in [0, 0.05) is 43.5 Å². The lowest BCUT2D eigenvalue weighted by Crippen LogP contribution is -2.51. The summed E-state index contributed by atoms with van der Waals surface area (Å²) in [7, 11) is 0. The van der Waals surface area contributed by atoms with Crippen LogP contribution >= 0.6 is 34.5 Å². The number of aliphatic imine (C=N–C) groups is 1. The van der Waals surface area contributed by atoms with Gasteiger partial charge < -0.3 is 30.6 Å². The molecule has 1 saturated heterocycles. The molecule has 2 aliphatic rings. The number of carbonyl (C=O) groups excluding carboxylic acids is 2. The molecule has 0 spiro atoms. The predicted octanol–water partition coefficient (Wildman–Crippen LogP) is 3.19. The molecule has 10 nitrogen and oxygen atoms in total. The number of halogens is 2. The van der Waals surface area contributed by atoms with Crippen molar-refractivity contribution in [2.45, 2.75) is 31.5 Å². The van der Waals surface area contributed by atoms with Crippen molar-refractivity contribution in [2.24, 2.45) is 4.99 Å². The van der Waals surface area contributed by atoms with Crippen LogP contribution in [0.15, 0.2) is 41.4 Å². The molecule has 218 valence electrons. The van der Waals surface area contributed by atoms with Crippen LogP contribution in [-0.2, 0) is 17.8 Å². The van der Waals surface area contributed by atoms with Crippen molar-refractivity contribution in [1.29, 1.82) is 0 Å². The number of terminal acetylenes is 1. The van der Waals surface area contributed by atoms with E-state index in [2.05, 4.69) is 21.7 Å². The SMILES string of the molecule is C#CN=C(NC[C@H](NC(=O)c1c(Cl)cc2c(c1Cl)CCN(C(=O)c1cc3ccccc3s1)C2)C(=O)O)N1CC[C@H](O)C1. The van der Waals surface area contributed by atoms with Gasteiger partial charge in [-0.25, -0.2) is 4.79 Å². The Hall–Kier alpha value is -3.82. The standard InChI is InChI=1S/C29H27Cl2N5O5S/c1-2-32-29(36-9-7-18(37)15-36)33-13-21(28(40)41)34-26(38)24-20(30)11-17-14-35(10-8-19(17)25(24)31)27(39)23-12-16-5-3-4-6-22(16)42-23/h1,3-6,11-12,18,21,37H,7-10,13-15H2,(H,32,33)(H,34,38)(H,40,41)/t18-,21-/m0/s1.